The van der Waals surface area contributed by atoms with Crippen molar-refractivity contribution in [2.45, 2.75) is 39.5 Å². The Labute approximate surface area is 167 Å². The molecule has 0 spiro atoms. The third-order valence-corrected chi connectivity index (χ3v) is 5.39. The van der Waals surface area contributed by atoms with Gasteiger partial charge in [0.25, 0.3) is 0 Å². The minimum Gasteiger partial charge on any atom is -0.388 e. The maximum Gasteiger partial charge on any atom is 0.163 e. The largest absolute Gasteiger partial charge is 0.388 e. The van der Waals surface area contributed by atoms with Crippen molar-refractivity contribution < 1.29 is 0 Å². The maximum absolute atomic E-state index is 4.90. The van der Waals surface area contributed by atoms with Crippen LogP contribution in [-0.2, 0) is 0 Å². The average molecular weight is 380 g/mol. The second-order valence-electron chi connectivity index (χ2n) is 7.11. The quantitative estimate of drug-likeness (QED) is 0.547. The highest BCUT2D eigenvalue weighted by molar-refractivity contribution is 5.97. The lowest BCUT2D eigenvalue weighted by Gasteiger charge is -2.18. The van der Waals surface area contributed by atoms with Gasteiger partial charge in [-0.15, -0.1) is 0 Å². The van der Waals surface area contributed by atoms with Crippen molar-refractivity contribution in [1.29, 1.82) is 0 Å². The third-order valence-electron chi connectivity index (χ3n) is 5.39. The molecule has 3 aromatic rings. The van der Waals surface area contributed by atoms with E-state index in [-0.39, 0.29) is 0 Å². The molecular weight excluding hydrogens is 348 g/mol. The molecular formula is C22H31N6. The zero-order valence-electron chi connectivity index (χ0n) is 17.8. The average Bonchev–Trinajstić information content (AvgIpc) is 3.03. The van der Waals surface area contributed by atoms with E-state index >= 15 is 0 Å². The fraction of sp³-hybridized carbons (Fsp3) is 0.409. The summed E-state index contributed by atoms with van der Waals surface area (Å²) >= 11 is 0. The highest BCUT2D eigenvalue weighted by atomic mass is 15.3. The van der Waals surface area contributed by atoms with E-state index < -0.39 is 0 Å². The summed E-state index contributed by atoms with van der Waals surface area (Å²) in [6, 6.07) is 6.37. The molecule has 28 heavy (non-hydrogen) atoms. The first-order chi connectivity index (χ1) is 13.5. The third kappa shape index (κ3) is 3.28. The zero-order chi connectivity index (χ0) is 20.4. The van der Waals surface area contributed by atoms with Gasteiger partial charge in [-0.2, -0.15) is 5.10 Å². The van der Waals surface area contributed by atoms with Crippen LogP contribution in [0.3, 0.4) is 0 Å². The SMILES string of the molecule is [CH2]CC(CC)c1cc(C)nc2c(-c3c(NC)cc(NC)cc3NC)c(C)nn12. The highest BCUT2D eigenvalue weighted by Crippen LogP contribution is 2.41. The van der Waals surface area contributed by atoms with Gasteiger partial charge in [0.15, 0.2) is 5.65 Å². The Morgan fingerprint density at radius 2 is 1.64 bits per heavy atom. The molecule has 1 radical (unpaired) electrons. The highest BCUT2D eigenvalue weighted by Gasteiger charge is 2.23. The standard InChI is InChI=1S/C22H31N6/c1-8-15(9-2)19-10-13(3)26-22-20(14(4)27-28(19)22)21-17(24-6)11-16(23-5)12-18(21)25-7/h10-12,15,23-25H,1,8-9H2,2-7H3. The Morgan fingerprint density at radius 1 is 1.00 bits per heavy atom. The Kier molecular flexibility index (Phi) is 5.77. The van der Waals surface area contributed by atoms with E-state index in [0.717, 1.165) is 58.1 Å². The Balaban J connectivity index is 2.38. The number of aromatic nitrogens is 3. The number of nitrogens with one attached hydrogen (secondary N) is 3. The molecule has 1 unspecified atom stereocenters. The molecule has 1 aromatic carbocycles. The van der Waals surface area contributed by atoms with E-state index in [1.807, 2.05) is 32.6 Å². The summed E-state index contributed by atoms with van der Waals surface area (Å²) < 4.78 is 2.02. The Hall–Kier alpha value is -2.76. The molecule has 3 rings (SSSR count). The van der Waals surface area contributed by atoms with Gasteiger partial charge in [-0.3, -0.25) is 0 Å². The van der Waals surface area contributed by atoms with Gasteiger partial charge in [-0.25, -0.2) is 9.50 Å². The number of hydrogen-bond acceptors (Lipinski definition) is 5. The predicted molar refractivity (Wildman–Crippen MR) is 120 cm³/mol. The molecule has 0 aliphatic heterocycles. The van der Waals surface area contributed by atoms with Gasteiger partial charge in [0, 0.05) is 61.1 Å². The topological polar surface area (TPSA) is 66.3 Å². The normalized spacial score (nSPS) is 11.3. The molecule has 2 heterocycles. The second kappa shape index (κ2) is 8.09. The van der Waals surface area contributed by atoms with Gasteiger partial charge in [-0.1, -0.05) is 13.8 Å². The lowest BCUT2D eigenvalue weighted by Crippen LogP contribution is -2.07. The molecule has 149 valence electrons. The van der Waals surface area contributed by atoms with Crippen LogP contribution in [0.25, 0.3) is 16.8 Å². The van der Waals surface area contributed by atoms with Crippen molar-refractivity contribution in [2.24, 2.45) is 0 Å². The van der Waals surface area contributed by atoms with Crippen LogP contribution in [0.15, 0.2) is 18.2 Å². The van der Waals surface area contributed by atoms with Crippen LogP contribution in [0.2, 0.25) is 0 Å². The number of fused-ring (bicyclic) bond motifs is 1. The van der Waals surface area contributed by atoms with Crippen molar-refractivity contribution in [1.82, 2.24) is 14.6 Å². The number of anilines is 3. The summed E-state index contributed by atoms with van der Waals surface area (Å²) in [6.07, 6.45) is 1.86. The number of hydrogen-bond donors (Lipinski definition) is 3. The first-order valence-electron chi connectivity index (χ1n) is 9.86. The van der Waals surface area contributed by atoms with Crippen LogP contribution in [0, 0.1) is 20.8 Å². The summed E-state index contributed by atoms with van der Waals surface area (Å²) in [5.74, 6) is 0.357. The smallest absolute Gasteiger partial charge is 0.163 e. The number of benzene rings is 1. The van der Waals surface area contributed by atoms with Gasteiger partial charge in [0.2, 0.25) is 0 Å². The van der Waals surface area contributed by atoms with Gasteiger partial charge in [0.05, 0.1) is 11.3 Å². The minimum atomic E-state index is 0.357. The number of nitrogens with zero attached hydrogens (tertiary/aromatic N) is 3. The summed E-state index contributed by atoms with van der Waals surface area (Å²) in [6.45, 7) is 10.4. The molecule has 0 saturated heterocycles. The van der Waals surface area contributed by atoms with Crippen LogP contribution >= 0.6 is 0 Å². The number of aryl methyl sites for hydroxylation is 2. The fourth-order valence-electron chi connectivity index (χ4n) is 3.87. The Bertz CT molecular complexity index is 959. The van der Waals surface area contributed by atoms with E-state index in [4.69, 9.17) is 10.1 Å². The molecule has 6 nitrogen and oxygen atoms in total. The van der Waals surface area contributed by atoms with Crippen LogP contribution < -0.4 is 16.0 Å². The molecule has 6 heteroatoms. The van der Waals surface area contributed by atoms with Crippen molar-refractivity contribution in [3.05, 3.63) is 42.2 Å². The first-order valence-corrected chi connectivity index (χ1v) is 9.86. The lowest BCUT2D eigenvalue weighted by atomic mass is 9.98. The summed E-state index contributed by atoms with van der Waals surface area (Å²) in [7, 11) is 5.81. The van der Waals surface area contributed by atoms with Crippen LogP contribution in [-0.4, -0.2) is 35.7 Å². The van der Waals surface area contributed by atoms with Crippen molar-refractivity contribution in [2.75, 3.05) is 37.1 Å². The molecule has 2 aromatic heterocycles. The van der Waals surface area contributed by atoms with E-state index in [2.05, 4.69) is 54.9 Å². The molecule has 0 amide bonds. The summed E-state index contributed by atoms with van der Waals surface area (Å²) in [5, 5.41) is 14.8. The molecule has 0 saturated carbocycles. The predicted octanol–water partition coefficient (Wildman–Crippen LogP) is 4.86. The van der Waals surface area contributed by atoms with Gasteiger partial charge in [0.1, 0.15) is 0 Å². The lowest BCUT2D eigenvalue weighted by molar-refractivity contribution is 0.622. The monoisotopic (exact) mass is 379 g/mol. The van der Waals surface area contributed by atoms with Gasteiger partial charge >= 0.3 is 0 Å². The molecule has 0 bridgehead atoms. The van der Waals surface area contributed by atoms with Crippen molar-refractivity contribution >= 4 is 22.7 Å². The van der Waals surface area contributed by atoms with Crippen LogP contribution in [0.5, 0.6) is 0 Å². The van der Waals surface area contributed by atoms with Crippen LogP contribution in [0.1, 0.15) is 42.8 Å². The van der Waals surface area contributed by atoms with E-state index in [1.165, 1.54) is 5.69 Å². The summed E-state index contributed by atoms with van der Waals surface area (Å²) in [5.41, 5.74) is 9.28. The zero-order valence-corrected chi connectivity index (χ0v) is 17.8. The van der Waals surface area contributed by atoms with Gasteiger partial charge < -0.3 is 16.0 Å². The molecule has 3 N–H and O–H groups in total. The van der Waals surface area contributed by atoms with E-state index in [0.29, 0.717) is 5.92 Å². The second-order valence-corrected chi connectivity index (χ2v) is 7.11. The molecule has 1 atom stereocenters. The van der Waals surface area contributed by atoms with Crippen LogP contribution in [0.4, 0.5) is 17.1 Å². The first kappa shape index (κ1) is 20.0. The minimum absolute atomic E-state index is 0.357. The Morgan fingerprint density at radius 3 is 2.14 bits per heavy atom. The van der Waals surface area contributed by atoms with E-state index in [1.54, 1.807) is 0 Å². The van der Waals surface area contributed by atoms with Crippen molar-refractivity contribution in [3.8, 4) is 11.1 Å². The molecule has 0 fully saturated rings. The maximum atomic E-state index is 4.90. The fourth-order valence-corrected chi connectivity index (χ4v) is 3.87. The van der Waals surface area contributed by atoms with Gasteiger partial charge in [-0.05, 0) is 44.9 Å². The van der Waals surface area contributed by atoms with E-state index in [9.17, 15) is 0 Å². The molecule has 0 aliphatic rings. The molecule has 0 aliphatic carbocycles. The number of rotatable bonds is 7. The summed E-state index contributed by atoms with van der Waals surface area (Å²) in [4.78, 5) is 4.89. The van der Waals surface area contributed by atoms with Crippen molar-refractivity contribution in [3.63, 3.8) is 0 Å².